The molecule has 0 fully saturated rings. The molecule has 0 saturated carbocycles. The van der Waals surface area contributed by atoms with Crippen LogP contribution < -0.4 is 5.32 Å². The van der Waals surface area contributed by atoms with E-state index in [1.165, 1.54) is 0 Å². The molecule has 2 unspecified atom stereocenters. The Morgan fingerprint density at radius 1 is 1.22 bits per heavy atom. The van der Waals surface area contributed by atoms with Gasteiger partial charge in [-0.2, -0.15) is 0 Å². The molecule has 2 atom stereocenters. The Morgan fingerprint density at radius 2 is 1.89 bits per heavy atom. The predicted molar refractivity (Wildman–Crippen MR) is 68.2 cm³/mol. The zero-order chi connectivity index (χ0) is 13.7. The highest BCUT2D eigenvalue weighted by Gasteiger charge is 2.15. The van der Waals surface area contributed by atoms with E-state index >= 15 is 0 Å². The van der Waals surface area contributed by atoms with Crippen molar-refractivity contribution in [1.82, 2.24) is 5.32 Å². The summed E-state index contributed by atoms with van der Waals surface area (Å²) in [6.45, 7) is 6.45. The molecule has 0 aromatic heterocycles. The van der Waals surface area contributed by atoms with Crippen molar-refractivity contribution in [2.45, 2.75) is 39.3 Å². The van der Waals surface area contributed by atoms with Crippen molar-refractivity contribution in [3.8, 4) is 0 Å². The van der Waals surface area contributed by atoms with E-state index in [1.807, 2.05) is 6.92 Å². The van der Waals surface area contributed by atoms with Crippen LogP contribution in [0.15, 0.2) is 18.2 Å². The maximum absolute atomic E-state index is 13.4. The monoisotopic (exact) mass is 257 g/mol. The van der Waals surface area contributed by atoms with Crippen molar-refractivity contribution in [2.24, 2.45) is 5.92 Å². The Morgan fingerprint density at radius 3 is 2.50 bits per heavy atom. The number of benzene rings is 1. The quantitative estimate of drug-likeness (QED) is 0.821. The van der Waals surface area contributed by atoms with E-state index in [9.17, 15) is 13.9 Å². The van der Waals surface area contributed by atoms with Gasteiger partial charge < -0.3 is 10.4 Å². The number of aliphatic hydroxyl groups excluding tert-OH is 1. The largest absolute Gasteiger partial charge is 0.387 e. The lowest BCUT2D eigenvalue weighted by molar-refractivity contribution is 0.164. The predicted octanol–water partition coefficient (Wildman–Crippen LogP) is 3.02. The Hall–Kier alpha value is -1.00. The van der Waals surface area contributed by atoms with Crippen LogP contribution in [-0.4, -0.2) is 17.7 Å². The standard InChI is InChI=1S/C14H21F2NO/c1-9(2)6-10(3)17-8-14(18)12-7-11(15)4-5-13(12)16/h4-5,7,9-10,14,17-18H,6,8H2,1-3H3. The molecule has 0 radical (unpaired) electrons. The van der Waals surface area contributed by atoms with Gasteiger partial charge in [0.1, 0.15) is 11.6 Å². The maximum atomic E-state index is 13.4. The zero-order valence-electron chi connectivity index (χ0n) is 11.1. The van der Waals surface area contributed by atoms with E-state index < -0.39 is 17.7 Å². The molecular weight excluding hydrogens is 236 g/mol. The second-order valence-electron chi connectivity index (χ2n) is 5.12. The molecule has 0 aliphatic heterocycles. The Balaban J connectivity index is 2.54. The molecule has 1 aromatic carbocycles. The minimum Gasteiger partial charge on any atom is -0.387 e. The minimum absolute atomic E-state index is 0.000697. The first-order valence-electron chi connectivity index (χ1n) is 6.26. The van der Waals surface area contributed by atoms with Crippen LogP contribution >= 0.6 is 0 Å². The third-order valence-corrected chi connectivity index (χ3v) is 2.80. The van der Waals surface area contributed by atoms with Crippen LogP contribution in [0.5, 0.6) is 0 Å². The first kappa shape index (κ1) is 15.1. The summed E-state index contributed by atoms with van der Waals surface area (Å²) in [6.07, 6.45) is -0.0615. The number of rotatable bonds is 6. The van der Waals surface area contributed by atoms with E-state index in [-0.39, 0.29) is 18.2 Å². The Labute approximate surface area is 107 Å². The molecule has 0 aliphatic rings. The second kappa shape index (κ2) is 6.81. The summed E-state index contributed by atoms with van der Waals surface area (Å²) in [5, 5.41) is 13.0. The van der Waals surface area contributed by atoms with Crippen LogP contribution in [0.4, 0.5) is 8.78 Å². The van der Waals surface area contributed by atoms with Gasteiger partial charge in [0.25, 0.3) is 0 Å². The molecule has 18 heavy (non-hydrogen) atoms. The second-order valence-corrected chi connectivity index (χ2v) is 5.12. The van der Waals surface area contributed by atoms with E-state index in [4.69, 9.17) is 0 Å². The molecular formula is C14H21F2NO. The molecule has 0 aliphatic carbocycles. The van der Waals surface area contributed by atoms with Crippen molar-refractivity contribution in [3.63, 3.8) is 0 Å². The summed E-state index contributed by atoms with van der Waals surface area (Å²) < 4.78 is 26.4. The number of hydrogen-bond donors (Lipinski definition) is 2. The number of hydrogen-bond acceptors (Lipinski definition) is 2. The van der Waals surface area contributed by atoms with Crippen LogP contribution in [0.25, 0.3) is 0 Å². The van der Waals surface area contributed by atoms with Crippen molar-refractivity contribution >= 4 is 0 Å². The van der Waals surface area contributed by atoms with Crippen LogP contribution in [0.3, 0.4) is 0 Å². The van der Waals surface area contributed by atoms with E-state index in [0.29, 0.717) is 5.92 Å². The molecule has 1 rings (SSSR count). The molecule has 0 heterocycles. The first-order chi connectivity index (χ1) is 8.40. The van der Waals surface area contributed by atoms with Gasteiger partial charge in [-0.1, -0.05) is 13.8 Å². The molecule has 0 spiro atoms. The fourth-order valence-corrected chi connectivity index (χ4v) is 1.98. The molecule has 2 nitrogen and oxygen atoms in total. The fourth-order valence-electron chi connectivity index (χ4n) is 1.98. The number of aliphatic hydroxyl groups is 1. The zero-order valence-corrected chi connectivity index (χ0v) is 11.1. The third kappa shape index (κ3) is 4.70. The number of halogens is 2. The van der Waals surface area contributed by atoms with Gasteiger partial charge in [0.05, 0.1) is 6.10 Å². The van der Waals surface area contributed by atoms with Gasteiger partial charge in [0.2, 0.25) is 0 Å². The van der Waals surface area contributed by atoms with Gasteiger partial charge in [-0.05, 0) is 37.5 Å². The van der Waals surface area contributed by atoms with Gasteiger partial charge in [0, 0.05) is 18.2 Å². The van der Waals surface area contributed by atoms with Crippen molar-refractivity contribution < 1.29 is 13.9 Å². The molecule has 0 bridgehead atoms. The lowest BCUT2D eigenvalue weighted by atomic mass is 10.0. The summed E-state index contributed by atoms with van der Waals surface area (Å²) >= 11 is 0. The third-order valence-electron chi connectivity index (χ3n) is 2.80. The summed E-state index contributed by atoms with van der Waals surface area (Å²) in [7, 11) is 0. The molecule has 0 amide bonds. The van der Waals surface area contributed by atoms with E-state index in [2.05, 4.69) is 19.2 Å². The Bertz CT molecular complexity index is 382. The van der Waals surface area contributed by atoms with E-state index in [1.54, 1.807) is 0 Å². The van der Waals surface area contributed by atoms with Crippen molar-refractivity contribution in [2.75, 3.05) is 6.54 Å². The highest BCUT2D eigenvalue weighted by Crippen LogP contribution is 2.18. The SMILES string of the molecule is CC(C)CC(C)NCC(O)c1cc(F)ccc1F. The summed E-state index contributed by atoms with van der Waals surface area (Å²) in [6, 6.07) is 3.34. The van der Waals surface area contributed by atoms with Crippen LogP contribution in [-0.2, 0) is 0 Å². The topological polar surface area (TPSA) is 32.3 Å². The van der Waals surface area contributed by atoms with Gasteiger partial charge in [-0.25, -0.2) is 8.78 Å². The normalized spacial score (nSPS) is 14.8. The number of nitrogens with one attached hydrogen (secondary N) is 1. The lowest BCUT2D eigenvalue weighted by Gasteiger charge is -2.19. The average molecular weight is 257 g/mol. The minimum atomic E-state index is -1.03. The maximum Gasteiger partial charge on any atom is 0.129 e. The first-order valence-corrected chi connectivity index (χ1v) is 6.26. The molecule has 102 valence electrons. The summed E-state index contributed by atoms with van der Waals surface area (Å²) in [4.78, 5) is 0. The molecule has 2 N–H and O–H groups in total. The van der Waals surface area contributed by atoms with Crippen molar-refractivity contribution in [3.05, 3.63) is 35.4 Å². The summed E-state index contributed by atoms with van der Waals surface area (Å²) in [5.74, 6) is -0.571. The van der Waals surface area contributed by atoms with Gasteiger partial charge in [0.15, 0.2) is 0 Å². The van der Waals surface area contributed by atoms with Crippen LogP contribution in [0.2, 0.25) is 0 Å². The lowest BCUT2D eigenvalue weighted by Crippen LogP contribution is -2.31. The van der Waals surface area contributed by atoms with Gasteiger partial charge in [-0.3, -0.25) is 0 Å². The average Bonchev–Trinajstić information content (AvgIpc) is 2.28. The van der Waals surface area contributed by atoms with Gasteiger partial charge in [-0.15, -0.1) is 0 Å². The van der Waals surface area contributed by atoms with E-state index in [0.717, 1.165) is 24.6 Å². The summed E-state index contributed by atoms with van der Waals surface area (Å²) in [5.41, 5.74) is -0.000697. The molecule has 0 saturated heterocycles. The highest BCUT2D eigenvalue weighted by atomic mass is 19.1. The van der Waals surface area contributed by atoms with Crippen LogP contribution in [0, 0.1) is 17.6 Å². The smallest absolute Gasteiger partial charge is 0.129 e. The molecule has 4 heteroatoms. The Kier molecular flexibility index (Phi) is 5.69. The van der Waals surface area contributed by atoms with Crippen LogP contribution in [0.1, 0.15) is 38.9 Å². The van der Waals surface area contributed by atoms with Gasteiger partial charge >= 0.3 is 0 Å². The van der Waals surface area contributed by atoms with Crippen molar-refractivity contribution in [1.29, 1.82) is 0 Å². The molecule has 1 aromatic rings. The highest BCUT2D eigenvalue weighted by molar-refractivity contribution is 5.21. The fraction of sp³-hybridized carbons (Fsp3) is 0.571.